The van der Waals surface area contributed by atoms with Gasteiger partial charge in [0, 0.05) is 0 Å². The van der Waals surface area contributed by atoms with E-state index in [1.54, 1.807) is 13.0 Å². The third kappa shape index (κ3) is 3.21. The Morgan fingerprint density at radius 2 is 2.27 bits per heavy atom. The number of aliphatic carboxylic acids is 1. The van der Waals surface area contributed by atoms with Crippen molar-refractivity contribution in [2.45, 2.75) is 26.7 Å². The Kier molecular flexibility index (Phi) is 4.59. The van der Waals surface area contributed by atoms with Gasteiger partial charge in [0.05, 0.1) is 5.92 Å². The predicted molar refractivity (Wildman–Crippen MR) is 45.4 cm³/mol. The smallest absolute Gasteiger partial charge is 0.306 e. The van der Waals surface area contributed by atoms with Gasteiger partial charge < -0.3 is 5.11 Å². The van der Waals surface area contributed by atoms with Crippen molar-refractivity contribution >= 4 is 5.97 Å². The van der Waals surface area contributed by atoms with Gasteiger partial charge in [0.2, 0.25) is 0 Å². The summed E-state index contributed by atoms with van der Waals surface area (Å²) in [5, 5.41) is 8.66. The minimum atomic E-state index is -0.733. The topological polar surface area (TPSA) is 37.3 Å². The van der Waals surface area contributed by atoms with Crippen LogP contribution in [0.15, 0.2) is 12.7 Å². The highest BCUT2D eigenvalue weighted by Gasteiger charge is 2.19. The zero-order chi connectivity index (χ0) is 8.85. The molecule has 0 rings (SSSR count). The monoisotopic (exact) mass is 156 g/mol. The van der Waals surface area contributed by atoms with Crippen molar-refractivity contribution in [3.8, 4) is 0 Å². The van der Waals surface area contributed by atoms with Crippen molar-refractivity contribution in [3.05, 3.63) is 12.7 Å². The lowest BCUT2D eigenvalue weighted by molar-refractivity contribution is -0.142. The van der Waals surface area contributed by atoms with Crippen molar-refractivity contribution in [1.82, 2.24) is 0 Å². The second-order valence-electron chi connectivity index (χ2n) is 2.82. The Morgan fingerprint density at radius 3 is 2.55 bits per heavy atom. The van der Waals surface area contributed by atoms with E-state index in [9.17, 15) is 4.79 Å². The van der Waals surface area contributed by atoms with E-state index >= 15 is 0 Å². The van der Waals surface area contributed by atoms with Crippen LogP contribution in [0.25, 0.3) is 0 Å². The van der Waals surface area contributed by atoms with Crippen molar-refractivity contribution in [2.24, 2.45) is 11.8 Å². The van der Waals surface area contributed by atoms with E-state index in [4.69, 9.17) is 5.11 Å². The SMILES string of the molecule is C=C[C@H](CCC)[C@H](C)C(=O)O. The van der Waals surface area contributed by atoms with Crippen molar-refractivity contribution in [3.63, 3.8) is 0 Å². The van der Waals surface area contributed by atoms with Gasteiger partial charge in [-0.05, 0) is 12.3 Å². The fourth-order valence-electron chi connectivity index (χ4n) is 1.09. The molecule has 2 heteroatoms. The van der Waals surface area contributed by atoms with Gasteiger partial charge >= 0.3 is 5.97 Å². The van der Waals surface area contributed by atoms with Crippen LogP contribution in [-0.2, 0) is 4.79 Å². The first-order valence-electron chi connectivity index (χ1n) is 3.98. The summed E-state index contributed by atoms with van der Waals surface area (Å²) in [4.78, 5) is 10.5. The molecule has 0 saturated heterocycles. The summed E-state index contributed by atoms with van der Waals surface area (Å²) in [5.74, 6) is -0.909. The molecular weight excluding hydrogens is 140 g/mol. The number of carboxylic acids is 1. The maximum atomic E-state index is 10.5. The third-order valence-corrected chi connectivity index (χ3v) is 1.96. The molecule has 0 aromatic rings. The van der Waals surface area contributed by atoms with Gasteiger partial charge in [-0.15, -0.1) is 6.58 Å². The first-order valence-corrected chi connectivity index (χ1v) is 3.98. The zero-order valence-electron chi connectivity index (χ0n) is 7.21. The number of rotatable bonds is 5. The maximum absolute atomic E-state index is 10.5. The summed E-state index contributed by atoms with van der Waals surface area (Å²) in [5.41, 5.74) is 0. The molecule has 0 heterocycles. The molecular formula is C9H16O2. The van der Waals surface area contributed by atoms with Gasteiger partial charge in [0.1, 0.15) is 0 Å². The quantitative estimate of drug-likeness (QED) is 0.620. The van der Waals surface area contributed by atoms with Crippen LogP contribution in [0.2, 0.25) is 0 Å². The van der Waals surface area contributed by atoms with E-state index in [2.05, 4.69) is 6.58 Å². The zero-order valence-corrected chi connectivity index (χ0v) is 7.21. The van der Waals surface area contributed by atoms with E-state index in [0.717, 1.165) is 12.8 Å². The molecule has 0 aromatic carbocycles. The minimum Gasteiger partial charge on any atom is -0.481 e. The van der Waals surface area contributed by atoms with Gasteiger partial charge in [0.15, 0.2) is 0 Å². The van der Waals surface area contributed by atoms with Crippen LogP contribution in [0.3, 0.4) is 0 Å². The van der Waals surface area contributed by atoms with Crippen LogP contribution in [0.5, 0.6) is 0 Å². The average molecular weight is 156 g/mol. The van der Waals surface area contributed by atoms with Crippen molar-refractivity contribution in [2.75, 3.05) is 0 Å². The lowest BCUT2D eigenvalue weighted by Gasteiger charge is -2.15. The molecule has 1 N–H and O–H groups in total. The summed E-state index contributed by atoms with van der Waals surface area (Å²) in [6, 6.07) is 0. The minimum absolute atomic E-state index is 0.123. The molecule has 0 aliphatic heterocycles. The largest absolute Gasteiger partial charge is 0.481 e. The highest BCUT2D eigenvalue weighted by Crippen LogP contribution is 2.18. The molecule has 0 aliphatic rings. The van der Waals surface area contributed by atoms with Crippen LogP contribution in [0, 0.1) is 11.8 Å². The second-order valence-corrected chi connectivity index (χ2v) is 2.82. The number of hydrogen-bond donors (Lipinski definition) is 1. The fraction of sp³-hybridized carbons (Fsp3) is 0.667. The van der Waals surface area contributed by atoms with Crippen molar-refractivity contribution in [1.29, 1.82) is 0 Å². The predicted octanol–water partition coefficient (Wildman–Crippen LogP) is 2.31. The Labute approximate surface area is 67.9 Å². The van der Waals surface area contributed by atoms with Gasteiger partial charge in [-0.3, -0.25) is 4.79 Å². The number of carboxylic acid groups (broad SMARTS) is 1. The summed E-state index contributed by atoms with van der Waals surface area (Å²) in [6.07, 6.45) is 3.66. The van der Waals surface area contributed by atoms with E-state index in [1.807, 2.05) is 6.92 Å². The van der Waals surface area contributed by atoms with E-state index in [1.165, 1.54) is 0 Å². The van der Waals surface area contributed by atoms with Gasteiger partial charge in [-0.1, -0.05) is 26.3 Å². The maximum Gasteiger partial charge on any atom is 0.306 e. The summed E-state index contributed by atoms with van der Waals surface area (Å²) < 4.78 is 0. The molecule has 0 amide bonds. The Balaban J connectivity index is 4.01. The van der Waals surface area contributed by atoms with Crippen LogP contribution in [0.1, 0.15) is 26.7 Å². The summed E-state index contributed by atoms with van der Waals surface area (Å²) >= 11 is 0. The number of carbonyl (C=O) groups is 1. The van der Waals surface area contributed by atoms with E-state index < -0.39 is 5.97 Å². The Morgan fingerprint density at radius 1 is 1.73 bits per heavy atom. The molecule has 0 bridgehead atoms. The average Bonchev–Trinajstić information content (AvgIpc) is 1.98. The molecule has 64 valence electrons. The van der Waals surface area contributed by atoms with E-state index in [-0.39, 0.29) is 11.8 Å². The molecule has 0 aliphatic carbocycles. The standard InChI is InChI=1S/C9H16O2/c1-4-6-8(5-2)7(3)9(10)11/h5,7-8H,2,4,6H2,1,3H3,(H,10,11)/t7-,8+/m0/s1. The number of hydrogen-bond acceptors (Lipinski definition) is 1. The van der Waals surface area contributed by atoms with Crippen LogP contribution >= 0.6 is 0 Å². The lowest BCUT2D eigenvalue weighted by Crippen LogP contribution is -2.18. The van der Waals surface area contributed by atoms with Crippen molar-refractivity contribution < 1.29 is 9.90 Å². The highest BCUT2D eigenvalue weighted by molar-refractivity contribution is 5.70. The molecule has 0 aromatic heterocycles. The van der Waals surface area contributed by atoms with Crippen LogP contribution in [-0.4, -0.2) is 11.1 Å². The van der Waals surface area contributed by atoms with Gasteiger partial charge in [-0.25, -0.2) is 0 Å². The highest BCUT2D eigenvalue weighted by atomic mass is 16.4. The van der Waals surface area contributed by atoms with E-state index in [0.29, 0.717) is 0 Å². The molecule has 11 heavy (non-hydrogen) atoms. The van der Waals surface area contributed by atoms with Crippen LogP contribution in [0.4, 0.5) is 0 Å². The molecule has 2 nitrogen and oxygen atoms in total. The van der Waals surface area contributed by atoms with Gasteiger partial charge in [-0.2, -0.15) is 0 Å². The fourth-order valence-corrected chi connectivity index (χ4v) is 1.09. The second kappa shape index (κ2) is 4.94. The normalized spacial score (nSPS) is 15.5. The Bertz CT molecular complexity index is 140. The first kappa shape index (κ1) is 10.2. The number of allylic oxidation sites excluding steroid dienone is 1. The summed E-state index contributed by atoms with van der Waals surface area (Å²) in [7, 11) is 0. The molecule has 0 radical (unpaired) electrons. The molecule has 0 unspecified atom stereocenters. The molecule has 0 spiro atoms. The van der Waals surface area contributed by atoms with Gasteiger partial charge in [0.25, 0.3) is 0 Å². The first-order chi connectivity index (χ1) is 5.13. The molecule has 0 saturated carbocycles. The third-order valence-electron chi connectivity index (χ3n) is 1.96. The summed E-state index contributed by atoms with van der Waals surface area (Å²) in [6.45, 7) is 7.39. The molecule has 0 fully saturated rings. The molecule has 2 atom stereocenters. The van der Waals surface area contributed by atoms with Crippen LogP contribution < -0.4 is 0 Å². The Hall–Kier alpha value is -0.790. The lowest BCUT2D eigenvalue weighted by atomic mass is 9.90.